The fourth-order valence-electron chi connectivity index (χ4n) is 1.99. The predicted molar refractivity (Wildman–Crippen MR) is 88.7 cm³/mol. The monoisotopic (exact) mass is 316 g/mol. The van der Waals surface area contributed by atoms with E-state index in [1.54, 1.807) is 18.2 Å². The van der Waals surface area contributed by atoms with Crippen LogP contribution >= 0.6 is 11.6 Å². The fraction of sp³-hybridized carbons (Fsp3) is 0.176. The van der Waals surface area contributed by atoms with Crippen LogP contribution in [-0.4, -0.2) is 18.7 Å². The summed E-state index contributed by atoms with van der Waals surface area (Å²) in [5.41, 5.74) is 4.83. The van der Waals surface area contributed by atoms with Gasteiger partial charge in [0.1, 0.15) is 5.75 Å². The van der Waals surface area contributed by atoms with Crippen molar-refractivity contribution in [2.45, 2.75) is 13.3 Å². The van der Waals surface area contributed by atoms with Gasteiger partial charge in [0, 0.05) is 17.2 Å². The van der Waals surface area contributed by atoms with Crippen molar-refractivity contribution in [2.24, 2.45) is 5.10 Å². The number of benzene rings is 2. The van der Waals surface area contributed by atoms with Crippen molar-refractivity contribution in [3.05, 3.63) is 64.7 Å². The first-order valence-corrected chi connectivity index (χ1v) is 7.19. The van der Waals surface area contributed by atoms with Crippen molar-refractivity contribution in [2.75, 3.05) is 7.11 Å². The summed E-state index contributed by atoms with van der Waals surface area (Å²) in [6, 6.07) is 14.8. The molecular formula is C17H17ClN2O2. The van der Waals surface area contributed by atoms with E-state index in [4.69, 9.17) is 16.3 Å². The lowest BCUT2D eigenvalue weighted by atomic mass is 10.1. The van der Waals surface area contributed by atoms with E-state index in [1.165, 1.54) is 7.11 Å². The van der Waals surface area contributed by atoms with Gasteiger partial charge in [0.15, 0.2) is 0 Å². The molecule has 4 nitrogen and oxygen atoms in total. The van der Waals surface area contributed by atoms with E-state index in [0.717, 1.165) is 11.3 Å². The van der Waals surface area contributed by atoms with Crippen LogP contribution in [0.25, 0.3) is 0 Å². The van der Waals surface area contributed by atoms with Gasteiger partial charge in [0.25, 0.3) is 5.91 Å². The molecule has 0 aliphatic rings. The number of nitrogens with zero attached hydrogens (tertiary/aromatic N) is 1. The molecule has 0 unspecified atom stereocenters. The molecule has 2 aromatic carbocycles. The Balaban J connectivity index is 2.06. The molecule has 1 amide bonds. The Hall–Kier alpha value is -2.33. The van der Waals surface area contributed by atoms with Gasteiger partial charge in [-0.15, -0.1) is 0 Å². The van der Waals surface area contributed by atoms with Crippen LogP contribution in [0.2, 0.25) is 5.02 Å². The van der Waals surface area contributed by atoms with Crippen LogP contribution < -0.4 is 10.2 Å². The summed E-state index contributed by atoms with van der Waals surface area (Å²) in [5, 5.41) is 4.59. The predicted octanol–water partition coefficient (Wildman–Crippen LogP) is 3.70. The molecule has 2 rings (SSSR count). The first-order valence-electron chi connectivity index (χ1n) is 6.81. The topological polar surface area (TPSA) is 50.7 Å². The SMILES string of the molecule is COc1ccc(Cl)cc1C(=O)NN=C(C)Cc1ccccc1. The molecule has 0 saturated heterocycles. The minimum Gasteiger partial charge on any atom is -0.496 e. The van der Waals surface area contributed by atoms with Crippen molar-refractivity contribution < 1.29 is 9.53 Å². The Bertz CT molecular complexity index is 684. The summed E-state index contributed by atoms with van der Waals surface area (Å²) in [6.07, 6.45) is 0.674. The molecule has 0 saturated carbocycles. The molecule has 114 valence electrons. The summed E-state index contributed by atoms with van der Waals surface area (Å²) in [4.78, 5) is 12.2. The Morgan fingerprint density at radius 1 is 1.23 bits per heavy atom. The standard InChI is InChI=1S/C17H17ClN2O2/c1-12(10-13-6-4-3-5-7-13)19-20-17(21)15-11-14(18)8-9-16(15)22-2/h3-9,11H,10H2,1-2H3,(H,20,21). The first kappa shape index (κ1) is 16.0. The Labute approximate surface area is 134 Å². The molecule has 0 bridgehead atoms. The van der Waals surface area contributed by atoms with E-state index in [2.05, 4.69) is 10.5 Å². The number of nitrogens with one attached hydrogen (secondary N) is 1. The lowest BCUT2D eigenvalue weighted by Gasteiger charge is -2.08. The van der Waals surface area contributed by atoms with Gasteiger partial charge in [-0.2, -0.15) is 5.10 Å². The minimum absolute atomic E-state index is 0.353. The Morgan fingerprint density at radius 3 is 2.64 bits per heavy atom. The zero-order valence-corrected chi connectivity index (χ0v) is 13.2. The number of hydrogen-bond acceptors (Lipinski definition) is 3. The number of carbonyl (C=O) groups excluding carboxylic acids is 1. The number of halogens is 1. The molecule has 2 aromatic rings. The lowest BCUT2D eigenvalue weighted by Crippen LogP contribution is -2.20. The fourth-order valence-corrected chi connectivity index (χ4v) is 2.17. The summed E-state index contributed by atoms with van der Waals surface area (Å²) in [5.74, 6) is 0.101. The van der Waals surface area contributed by atoms with Gasteiger partial charge in [-0.3, -0.25) is 4.79 Å². The number of amides is 1. The van der Waals surface area contributed by atoms with E-state index in [0.29, 0.717) is 22.8 Å². The summed E-state index contributed by atoms with van der Waals surface area (Å²) >= 11 is 5.92. The third-order valence-electron chi connectivity index (χ3n) is 3.06. The van der Waals surface area contributed by atoms with Gasteiger partial charge >= 0.3 is 0 Å². The van der Waals surface area contributed by atoms with Crippen LogP contribution in [-0.2, 0) is 6.42 Å². The molecule has 0 fully saturated rings. The largest absolute Gasteiger partial charge is 0.496 e. The second-order valence-electron chi connectivity index (χ2n) is 4.79. The van der Waals surface area contributed by atoms with Crippen molar-refractivity contribution in [1.29, 1.82) is 0 Å². The highest BCUT2D eigenvalue weighted by Crippen LogP contribution is 2.22. The van der Waals surface area contributed by atoms with Crippen molar-refractivity contribution in [1.82, 2.24) is 5.43 Å². The molecule has 0 atom stereocenters. The zero-order valence-electron chi connectivity index (χ0n) is 12.5. The van der Waals surface area contributed by atoms with Crippen LogP contribution in [0.3, 0.4) is 0 Å². The Kier molecular flexibility index (Phi) is 5.55. The molecule has 0 aliphatic carbocycles. The average molecular weight is 317 g/mol. The van der Waals surface area contributed by atoms with E-state index in [-0.39, 0.29) is 5.91 Å². The van der Waals surface area contributed by atoms with E-state index in [9.17, 15) is 4.79 Å². The van der Waals surface area contributed by atoms with Crippen molar-refractivity contribution >= 4 is 23.2 Å². The van der Waals surface area contributed by atoms with E-state index >= 15 is 0 Å². The molecule has 1 N–H and O–H groups in total. The molecule has 0 aliphatic heterocycles. The van der Waals surface area contributed by atoms with Gasteiger partial charge < -0.3 is 4.74 Å². The maximum Gasteiger partial charge on any atom is 0.275 e. The van der Waals surface area contributed by atoms with Gasteiger partial charge in [0.05, 0.1) is 12.7 Å². The molecule has 0 heterocycles. The average Bonchev–Trinajstić information content (AvgIpc) is 2.53. The van der Waals surface area contributed by atoms with Gasteiger partial charge in [-0.25, -0.2) is 5.43 Å². The van der Waals surface area contributed by atoms with Gasteiger partial charge in [0.2, 0.25) is 0 Å². The zero-order chi connectivity index (χ0) is 15.9. The number of methoxy groups -OCH3 is 1. The van der Waals surface area contributed by atoms with Crippen molar-refractivity contribution in [3.8, 4) is 5.75 Å². The number of hydrogen-bond donors (Lipinski definition) is 1. The van der Waals surface area contributed by atoms with Crippen LogP contribution in [0, 0.1) is 0 Å². The van der Waals surface area contributed by atoms with Crippen molar-refractivity contribution in [3.63, 3.8) is 0 Å². The first-order chi connectivity index (χ1) is 10.6. The van der Waals surface area contributed by atoms with Crippen LogP contribution in [0.15, 0.2) is 53.6 Å². The number of ether oxygens (including phenoxy) is 1. The molecule has 22 heavy (non-hydrogen) atoms. The maximum atomic E-state index is 12.2. The Morgan fingerprint density at radius 2 is 1.95 bits per heavy atom. The third kappa shape index (κ3) is 4.33. The van der Waals surface area contributed by atoms with Crippen LogP contribution in [0.5, 0.6) is 5.75 Å². The van der Waals surface area contributed by atoms with Gasteiger partial charge in [-0.05, 0) is 30.7 Å². The van der Waals surface area contributed by atoms with E-state index < -0.39 is 0 Å². The highest BCUT2D eigenvalue weighted by atomic mass is 35.5. The van der Waals surface area contributed by atoms with E-state index in [1.807, 2.05) is 37.3 Å². The molecule has 0 spiro atoms. The lowest BCUT2D eigenvalue weighted by molar-refractivity contribution is 0.0951. The molecular weight excluding hydrogens is 300 g/mol. The summed E-state index contributed by atoms with van der Waals surface area (Å²) in [6.45, 7) is 1.86. The van der Waals surface area contributed by atoms with Gasteiger partial charge in [-0.1, -0.05) is 41.9 Å². The highest BCUT2D eigenvalue weighted by molar-refractivity contribution is 6.31. The molecule has 0 radical (unpaired) electrons. The van der Waals surface area contributed by atoms with Crippen LogP contribution in [0.1, 0.15) is 22.8 Å². The maximum absolute atomic E-state index is 12.2. The molecule has 0 aromatic heterocycles. The normalized spacial score (nSPS) is 11.1. The summed E-state index contributed by atoms with van der Waals surface area (Å²) in [7, 11) is 1.50. The smallest absolute Gasteiger partial charge is 0.275 e. The molecule has 5 heteroatoms. The number of carbonyl (C=O) groups is 1. The number of rotatable bonds is 5. The second kappa shape index (κ2) is 7.61. The van der Waals surface area contributed by atoms with Crippen LogP contribution in [0.4, 0.5) is 0 Å². The third-order valence-corrected chi connectivity index (χ3v) is 3.29. The summed E-state index contributed by atoms with van der Waals surface area (Å²) < 4.78 is 5.16. The second-order valence-corrected chi connectivity index (χ2v) is 5.23. The number of hydrazone groups is 1. The quantitative estimate of drug-likeness (QED) is 0.675. The highest BCUT2D eigenvalue weighted by Gasteiger charge is 2.12. The minimum atomic E-state index is -0.355.